The molecule has 0 aliphatic heterocycles. The number of amides is 2. The molecule has 2 amide bonds. The predicted octanol–water partition coefficient (Wildman–Crippen LogP) is 4.03. The highest BCUT2D eigenvalue weighted by molar-refractivity contribution is 7.99. The van der Waals surface area contributed by atoms with Gasteiger partial charge in [0, 0.05) is 31.5 Å². The second-order valence-electron chi connectivity index (χ2n) is 7.20. The molecule has 3 rings (SSSR count). The lowest BCUT2D eigenvalue weighted by atomic mass is 10.1. The fourth-order valence-corrected chi connectivity index (χ4v) is 4.21. The number of carbonyl (C=O) groups is 2. The molecule has 0 unspecified atom stereocenters. The van der Waals surface area contributed by atoms with E-state index in [2.05, 4.69) is 26.9 Å². The molecule has 1 aromatic heterocycles. The summed E-state index contributed by atoms with van der Waals surface area (Å²) in [5.41, 5.74) is 2.97. The summed E-state index contributed by atoms with van der Waals surface area (Å²) >= 11 is 7.55. The van der Waals surface area contributed by atoms with Crippen molar-refractivity contribution in [1.82, 2.24) is 20.1 Å². The maximum atomic E-state index is 12.5. The van der Waals surface area contributed by atoms with Crippen LogP contribution in [0.25, 0.3) is 11.4 Å². The van der Waals surface area contributed by atoms with Crippen LogP contribution >= 0.6 is 23.4 Å². The number of carbonyl (C=O) groups excluding carboxylic acids is 2. The van der Waals surface area contributed by atoms with Crippen LogP contribution in [0.15, 0.2) is 47.6 Å². The number of benzene rings is 2. The molecule has 0 atom stereocenters. The number of anilines is 1. The Kier molecular flexibility index (Phi) is 8.87. The van der Waals surface area contributed by atoms with Gasteiger partial charge in [0.05, 0.1) is 22.9 Å². The van der Waals surface area contributed by atoms with Gasteiger partial charge in [0.15, 0.2) is 11.0 Å². The number of hydrogen-bond donors (Lipinski definition) is 2. The van der Waals surface area contributed by atoms with E-state index in [1.807, 2.05) is 36.6 Å². The first-order valence-electron chi connectivity index (χ1n) is 10.4. The average molecular weight is 488 g/mol. The minimum absolute atomic E-state index is 0.156. The third-order valence-electron chi connectivity index (χ3n) is 4.73. The molecule has 33 heavy (non-hydrogen) atoms. The molecule has 0 saturated carbocycles. The normalized spacial score (nSPS) is 10.8. The number of ether oxygens (including phenoxy) is 1. The molecule has 0 aliphatic rings. The summed E-state index contributed by atoms with van der Waals surface area (Å²) in [6.45, 7) is 5.52. The molecule has 174 valence electrons. The van der Waals surface area contributed by atoms with Gasteiger partial charge >= 0.3 is 0 Å². The number of hydrogen-bond acceptors (Lipinski definition) is 6. The van der Waals surface area contributed by atoms with Crippen LogP contribution in [0.2, 0.25) is 5.02 Å². The van der Waals surface area contributed by atoms with Crippen LogP contribution in [-0.4, -0.2) is 52.6 Å². The number of thioether (sulfide) groups is 1. The van der Waals surface area contributed by atoms with Gasteiger partial charge in [0.25, 0.3) is 5.91 Å². The van der Waals surface area contributed by atoms with Crippen LogP contribution in [0.4, 0.5) is 5.69 Å². The first-order chi connectivity index (χ1) is 15.9. The second kappa shape index (κ2) is 11.8. The van der Waals surface area contributed by atoms with Gasteiger partial charge < -0.3 is 19.9 Å². The fourth-order valence-electron chi connectivity index (χ4n) is 3.14. The molecule has 0 aliphatic carbocycles. The highest BCUT2D eigenvalue weighted by Crippen LogP contribution is 2.25. The van der Waals surface area contributed by atoms with Gasteiger partial charge in [-0.3, -0.25) is 9.59 Å². The average Bonchev–Trinajstić information content (AvgIpc) is 3.21. The number of halogens is 1. The van der Waals surface area contributed by atoms with Crippen molar-refractivity contribution in [2.24, 2.45) is 0 Å². The van der Waals surface area contributed by atoms with E-state index in [0.717, 1.165) is 17.0 Å². The maximum absolute atomic E-state index is 12.5. The number of aromatic nitrogens is 3. The lowest BCUT2D eigenvalue weighted by Crippen LogP contribution is -2.27. The topological polar surface area (TPSA) is 98.1 Å². The van der Waals surface area contributed by atoms with Crippen LogP contribution in [-0.2, 0) is 16.1 Å². The van der Waals surface area contributed by atoms with Crippen molar-refractivity contribution in [3.8, 4) is 11.4 Å². The van der Waals surface area contributed by atoms with Crippen molar-refractivity contribution in [1.29, 1.82) is 0 Å². The Morgan fingerprint density at radius 3 is 2.70 bits per heavy atom. The molecule has 10 heteroatoms. The molecule has 0 spiro atoms. The third-order valence-corrected chi connectivity index (χ3v) is 6.01. The summed E-state index contributed by atoms with van der Waals surface area (Å²) in [5, 5.41) is 15.0. The van der Waals surface area contributed by atoms with Gasteiger partial charge in [-0.05, 0) is 38.1 Å². The molecule has 0 bridgehead atoms. The van der Waals surface area contributed by atoms with E-state index in [0.29, 0.717) is 36.1 Å². The second-order valence-corrected chi connectivity index (χ2v) is 8.55. The maximum Gasteiger partial charge on any atom is 0.252 e. The lowest BCUT2D eigenvalue weighted by Gasteiger charge is -2.10. The molecule has 0 saturated heterocycles. The summed E-state index contributed by atoms with van der Waals surface area (Å²) in [6, 6.07) is 12.8. The highest BCUT2D eigenvalue weighted by Gasteiger charge is 2.16. The van der Waals surface area contributed by atoms with Gasteiger partial charge in [-0.2, -0.15) is 0 Å². The quantitative estimate of drug-likeness (QED) is 0.331. The number of rotatable bonds is 10. The van der Waals surface area contributed by atoms with E-state index in [-0.39, 0.29) is 22.6 Å². The Morgan fingerprint density at radius 1 is 1.18 bits per heavy atom. The first-order valence-corrected chi connectivity index (χ1v) is 11.8. The van der Waals surface area contributed by atoms with E-state index in [1.165, 1.54) is 11.8 Å². The SMILES string of the molecule is CCn1c(SCC(=O)Nc2ccc(C(=O)NCCOC)c(Cl)c2)nnc1-c1cccc(C)c1. The third kappa shape index (κ3) is 6.56. The zero-order chi connectivity index (χ0) is 23.8. The van der Waals surface area contributed by atoms with E-state index in [1.54, 1.807) is 25.3 Å². The van der Waals surface area contributed by atoms with Gasteiger partial charge in [-0.25, -0.2) is 0 Å². The van der Waals surface area contributed by atoms with Crippen LogP contribution in [0.5, 0.6) is 0 Å². The van der Waals surface area contributed by atoms with Gasteiger partial charge in [-0.1, -0.05) is 47.1 Å². The minimum atomic E-state index is -0.297. The summed E-state index contributed by atoms with van der Waals surface area (Å²) in [7, 11) is 1.56. The Labute approximate surface area is 202 Å². The van der Waals surface area contributed by atoms with Crippen molar-refractivity contribution in [2.75, 3.05) is 31.3 Å². The van der Waals surface area contributed by atoms with Gasteiger partial charge in [0.1, 0.15) is 0 Å². The van der Waals surface area contributed by atoms with Crippen molar-refractivity contribution >= 4 is 40.9 Å². The van der Waals surface area contributed by atoms with Crippen molar-refractivity contribution in [3.63, 3.8) is 0 Å². The van der Waals surface area contributed by atoms with Crippen LogP contribution in [0.1, 0.15) is 22.8 Å². The Hall–Kier alpha value is -2.88. The first kappa shape index (κ1) is 24.8. The standard InChI is InChI=1S/C23H26ClN5O3S/c1-4-29-21(16-7-5-6-15(2)12-16)27-28-23(29)33-14-20(30)26-17-8-9-18(19(24)13-17)22(31)25-10-11-32-3/h5-9,12-13H,4,10-11,14H2,1-3H3,(H,25,31)(H,26,30). The van der Waals surface area contributed by atoms with Crippen molar-refractivity contribution in [3.05, 3.63) is 58.6 Å². The summed E-state index contributed by atoms with van der Waals surface area (Å²) in [6.07, 6.45) is 0. The number of aryl methyl sites for hydroxylation is 1. The van der Waals surface area contributed by atoms with Crippen molar-refractivity contribution < 1.29 is 14.3 Å². The molecule has 2 N–H and O–H groups in total. The summed E-state index contributed by atoms with van der Waals surface area (Å²) < 4.78 is 6.90. The number of nitrogens with zero attached hydrogens (tertiary/aromatic N) is 3. The monoisotopic (exact) mass is 487 g/mol. The summed E-state index contributed by atoms with van der Waals surface area (Å²) in [5.74, 6) is 0.420. The van der Waals surface area contributed by atoms with E-state index < -0.39 is 0 Å². The predicted molar refractivity (Wildman–Crippen MR) is 131 cm³/mol. The highest BCUT2D eigenvalue weighted by atomic mass is 35.5. The summed E-state index contributed by atoms with van der Waals surface area (Å²) in [4.78, 5) is 24.6. The van der Waals surface area contributed by atoms with E-state index in [4.69, 9.17) is 16.3 Å². The Morgan fingerprint density at radius 2 is 2.00 bits per heavy atom. The van der Waals surface area contributed by atoms with E-state index >= 15 is 0 Å². The van der Waals surface area contributed by atoms with Crippen molar-refractivity contribution in [2.45, 2.75) is 25.5 Å². The molecular formula is C23H26ClN5O3S. The van der Waals surface area contributed by atoms with Gasteiger partial charge in [0.2, 0.25) is 5.91 Å². The molecule has 1 heterocycles. The number of methoxy groups -OCH3 is 1. The van der Waals surface area contributed by atoms with E-state index in [9.17, 15) is 9.59 Å². The smallest absolute Gasteiger partial charge is 0.252 e. The Balaban J connectivity index is 1.61. The molecule has 0 fully saturated rings. The fraction of sp³-hybridized carbons (Fsp3) is 0.304. The molecular weight excluding hydrogens is 462 g/mol. The van der Waals surface area contributed by atoms with Crippen LogP contribution in [0.3, 0.4) is 0 Å². The molecule has 2 aromatic carbocycles. The van der Waals surface area contributed by atoms with Crippen LogP contribution in [0, 0.1) is 6.92 Å². The van der Waals surface area contributed by atoms with Gasteiger partial charge in [-0.15, -0.1) is 10.2 Å². The zero-order valence-electron chi connectivity index (χ0n) is 18.7. The number of nitrogens with one attached hydrogen (secondary N) is 2. The molecule has 0 radical (unpaired) electrons. The molecule has 3 aromatic rings. The Bertz CT molecular complexity index is 1140. The van der Waals surface area contributed by atoms with Crippen LogP contribution < -0.4 is 10.6 Å². The lowest BCUT2D eigenvalue weighted by molar-refractivity contribution is -0.113. The largest absolute Gasteiger partial charge is 0.383 e. The zero-order valence-corrected chi connectivity index (χ0v) is 20.3. The minimum Gasteiger partial charge on any atom is -0.383 e. The molecule has 8 nitrogen and oxygen atoms in total.